The Kier molecular flexibility index (Phi) is 5.65. The molecular formula is C27H22ClN5O3. The summed E-state index contributed by atoms with van der Waals surface area (Å²) in [5, 5.41) is 12.3. The first kappa shape index (κ1) is 22.3. The van der Waals surface area contributed by atoms with Gasteiger partial charge in [0.15, 0.2) is 11.5 Å². The summed E-state index contributed by atoms with van der Waals surface area (Å²) in [7, 11) is 0. The SMILES string of the molecule is Cc1c(C(=O)NCc2cc(-c3ccccc3Cl)on2)oc2c1-c1nn(Cc3ccccn3)cc1CC2. The molecule has 0 saturated heterocycles. The summed E-state index contributed by atoms with van der Waals surface area (Å²) >= 11 is 6.24. The molecule has 9 heteroatoms. The zero-order chi connectivity index (χ0) is 24.6. The number of carbonyl (C=O) groups is 1. The quantitative estimate of drug-likeness (QED) is 0.343. The molecule has 36 heavy (non-hydrogen) atoms. The van der Waals surface area contributed by atoms with Crippen molar-refractivity contribution in [3.8, 4) is 22.6 Å². The molecule has 0 aliphatic heterocycles. The van der Waals surface area contributed by atoms with Crippen LogP contribution in [0.4, 0.5) is 0 Å². The minimum Gasteiger partial charge on any atom is -0.455 e. The largest absolute Gasteiger partial charge is 0.455 e. The lowest BCUT2D eigenvalue weighted by Gasteiger charge is -2.09. The second kappa shape index (κ2) is 9.13. The van der Waals surface area contributed by atoms with E-state index in [1.807, 2.05) is 48.0 Å². The van der Waals surface area contributed by atoms with Crippen molar-refractivity contribution in [2.24, 2.45) is 0 Å². The van der Waals surface area contributed by atoms with Gasteiger partial charge in [-0.15, -0.1) is 0 Å². The van der Waals surface area contributed by atoms with Crippen LogP contribution in [0.3, 0.4) is 0 Å². The third kappa shape index (κ3) is 4.09. The predicted octanol–water partition coefficient (Wildman–Crippen LogP) is 5.23. The Balaban J connectivity index is 1.19. The zero-order valence-electron chi connectivity index (χ0n) is 19.5. The van der Waals surface area contributed by atoms with Gasteiger partial charge in [0.25, 0.3) is 5.91 Å². The van der Waals surface area contributed by atoms with Crippen LogP contribution in [-0.4, -0.2) is 25.8 Å². The maximum Gasteiger partial charge on any atom is 0.287 e. The molecule has 1 N–H and O–H groups in total. The first-order valence-corrected chi connectivity index (χ1v) is 12.0. The lowest BCUT2D eigenvalue weighted by atomic mass is 9.93. The monoisotopic (exact) mass is 499 g/mol. The fraction of sp³-hybridized carbons (Fsp3) is 0.185. The Morgan fingerprint density at radius 3 is 2.83 bits per heavy atom. The molecule has 0 unspecified atom stereocenters. The standard InChI is InChI=1S/C27H22ClN5O3/c1-16-24-22(10-9-17-14-33(31-25(17)24)15-18-6-4-5-11-29-18)35-26(16)27(34)30-13-19-12-23(36-32-19)20-7-2-3-8-21(20)28/h2-8,11-12,14H,9-10,13,15H2,1H3,(H,30,34). The Morgan fingerprint density at radius 2 is 2.00 bits per heavy atom. The molecule has 4 aromatic heterocycles. The number of hydrogen-bond donors (Lipinski definition) is 1. The van der Waals surface area contributed by atoms with Crippen LogP contribution in [0.15, 0.2) is 69.9 Å². The van der Waals surface area contributed by atoms with Crippen molar-refractivity contribution < 1.29 is 13.7 Å². The van der Waals surface area contributed by atoms with E-state index >= 15 is 0 Å². The summed E-state index contributed by atoms with van der Waals surface area (Å²) in [6.45, 7) is 2.68. The highest BCUT2D eigenvalue weighted by Gasteiger charge is 2.29. The molecule has 1 aliphatic rings. The molecule has 8 nitrogen and oxygen atoms in total. The second-order valence-electron chi connectivity index (χ2n) is 8.72. The van der Waals surface area contributed by atoms with Crippen molar-refractivity contribution >= 4 is 17.5 Å². The van der Waals surface area contributed by atoms with Gasteiger partial charge in [-0.1, -0.05) is 35.0 Å². The van der Waals surface area contributed by atoms with E-state index in [0.29, 0.717) is 28.8 Å². The highest BCUT2D eigenvalue weighted by molar-refractivity contribution is 6.33. The summed E-state index contributed by atoms with van der Waals surface area (Å²) < 4.78 is 13.3. The molecule has 0 saturated carbocycles. The van der Waals surface area contributed by atoms with E-state index in [1.165, 1.54) is 0 Å². The maximum absolute atomic E-state index is 13.0. The van der Waals surface area contributed by atoms with Crippen molar-refractivity contribution in [3.05, 3.63) is 100.0 Å². The van der Waals surface area contributed by atoms with Crippen molar-refractivity contribution in [1.29, 1.82) is 0 Å². The van der Waals surface area contributed by atoms with Gasteiger partial charge in [-0.2, -0.15) is 5.10 Å². The number of aryl methyl sites for hydroxylation is 2. The van der Waals surface area contributed by atoms with Crippen LogP contribution in [-0.2, 0) is 25.9 Å². The average Bonchev–Trinajstić information content (AvgIpc) is 3.60. The summed E-state index contributed by atoms with van der Waals surface area (Å²) in [6, 6.07) is 15.0. The highest BCUT2D eigenvalue weighted by Crippen LogP contribution is 2.38. The van der Waals surface area contributed by atoms with Crippen LogP contribution in [0.25, 0.3) is 22.6 Å². The topological polar surface area (TPSA) is 99.0 Å². The number of aromatic nitrogens is 4. The van der Waals surface area contributed by atoms with Gasteiger partial charge in [0.2, 0.25) is 0 Å². The minimum absolute atomic E-state index is 0.196. The number of pyridine rings is 1. The maximum atomic E-state index is 13.0. The predicted molar refractivity (Wildman–Crippen MR) is 134 cm³/mol. The molecule has 0 bridgehead atoms. The minimum atomic E-state index is -0.307. The number of hydrogen-bond acceptors (Lipinski definition) is 6. The number of nitrogens with one attached hydrogen (secondary N) is 1. The molecule has 0 atom stereocenters. The average molecular weight is 500 g/mol. The first-order chi connectivity index (χ1) is 17.6. The molecule has 5 aromatic rings. The van der Waals surface area contributed by atoms with Crippen molar-refractivity contribution in [2.75, 3.05) is 0 Å². The van der Waals surface area contributed by atoms with Gasteiger partial charge in [0.1, 0.15) is 11.5 Å². The number of rotatable bonds is 6. The molecule has 1 aromatic carbocycles. The normalized spacial score (nSPS) is 12.3. The fourth-order valence-corrected chi connectivity index (χ4v) is 4.78. The van der Waals surface area contributed by atoms with E-state index in [-0.39, 0.29) is 12.5 Å². The van der Waals surface area contributed by atoms with Gasteiger partial charge in [0, 0.05) is 41.6 Å². The smallest absolute Gasteiger partial charge is 0.287 e. The van der Waals surface area contributed by atoms with E-state index in [4.69, 9.17) is 25.6 Å². The Labute approximate surface area is 211 Å². The molecule has 1 aliphatic carbocycles. The molecule has 6 rings (SSSR count). The number of fused-ring (bicyclic) bond motifs is 3. The van der Waals surface area contributed by atoms with Gasteiger partial charge >= 0.3 is 0 Å². The summed E-state index contributed by atoms with van der Waals surface area (Å²) in [5.74, 6) is 1.32. The number of nitrogens with zero attached hydrogens (tertiary/aromatic N) is 4. The Bertz CT molecular complexity index is 1570. The summed E-state index contributed by atoms with van der Waals surface area (Å²) in [4.78, 5) is 17.4. The van der Waals surface area contributed by atoms with Gasteiger partial charge in [0.05, 0.1) is 29.5 Å². The van der Waals surface area contributed by atoms with Crippen LogP contribution in [0, 0.1) is 6.92 Å². The van der Waals surface area contributed by atoms with Crippen LogP contribution >= 0.6 is 11.6 Å². The number of furan rings is 1. The molecule has 0 radical (unpaired) electrons. The Morgan fingerprint density at radius 1 is 1.14 bits per heavy atom. The third-order valence-corrected chi connectivity index (χ3v) is 6.63. The second-order valence-corrected chi connectivity index (χ2v) is 9.13. The van der Waals surface area contributed by atoms with E-state index in [1.54, 1.807) is 18.3 Å². The molecule has 0 spiro atoms. The highest BCUT2D eigenvalue weighted by atomic mass is 35.5. The number of halogens is 1. The first-order valence-electron chi connectivity index (χ1n) is 11.6. The zero-order valence-corrected chi connectivity index (χ0v) is 20.2. The van der Waals surface area contributed by atoms with Crippen molar-refractivity contribution in [2.45, 2.75) is 32.9 Å². The van der Waals surface area contributed by atoms with Gasteiger partial charge in [-0.05, 0) is 43.2 Å². The van der Waals surface area contributed by atoms with E-state index in [0.717, 1.165) is 52.2 Å². The summed E-state index contributed by atoms with van der Waals surface area (Å²) in [6.07, 6.45) is 5.36. The van der Waals surface area contributed by atoms with Crippen LogP contribution in [0.1, 0.15) is 38.8 Å². The fourth-order valence-electron chi connectivity index (χ4n) is 4.55. The molecular weight excluding hydrogens is 478 g/mol. The molecule has 180 valence electrons. The van der Waals surface area contributed by atoms with Gasteiger partial charge in [-0.25, -0.2) is 0 Å². The number of carbonyl (C=O) groups excluding carboxylic acids is 1. The lowest BCUT2D eigenvalue weighted by molar-refractivity contribution is 0.0919. The van der Waals surface area contributed by atoms with Crippen molar-refractivity contribution in [3.63, 3.8) is 0 Å². The lowest BCUT2D eigenvalue weighted by Crippen LogP contribution is -2.23. The van der Waals surface area contributed by atoms with Gasteiger partial charge < -0.3 is 14.3 Å². The third-order valence-electron chi connectivity index (χ3n) is 6.30. The molecule has 1 amide bonds. The van der Waals surface area contributed by atoms with Crippen molar-refractivity contribution in [1.82, 2.24) is 25.2 Å². The number of benzene rings is 1. The van der Waals surface area contributed by atoms with Crippen LogP contribution < -0.4 is 5.32 Å². The van der Waals surface area contributed by atoms with Gasteiger partial charge in [-0.3, -0.25) is 14.5 Å². The van der Waals surface area contributed by atoms with E-state index in [9.17, 15) is 4.79 Å². The van der Waals surface area contributed by atoms with E-state index < -0.39 is 0 Å². The Hall–Kier alpha value is -4.17. The summed E-state index contributed by atoms with van der Waals surface area (Å²) in [5.41, 5.74) is 5.97. The van der Waals surface area contributed by atoms with Crippen LogP contribution in [0.2, 0.25) is 5.02 Å². The van der Waals surface area contributed by atoms with E-state index in [2.05, 4.69) is 21.7 Å². The molecule has 0 fully saturated rings. The van der Waals surface area contributed by atoms with Crippen LogP contribution in [0.5, 0.6) is 0 Å². The molecule has 4 heterocycles. The number of amides is 1.